The number of hydrogen-bond donors (Lipinski definition) is 3. The molecule has 4 nitrogen and oxygen atoms in total. The summed E-state index contributed by atoms with van der Waals surface area (Å²) in [6.07, 6.45) is 2.44. The number of phenolic OH excluding ortho intramolecular Hbond substituents is 1. The van der Waals surface area contributed by atoms with Gasteiger partial charge in [-0.05, 0) is 49.7 Å². The van der Waals surface area contributed by atoms with Gasteiger partial charge >= 0.3 is 0 Å². The second-order valence-electron chi connectivity index (χ2n) is 4.90. The quantitative estimate of drug-likeness (QED) is 0.640. The number of rotatable bonds is 1. The van der Waals surface area contributed by atoms with Gasteiger partial charge in [0, 0.05) is 18.3 Å². The minimum atomic E-state index is 0.359. The van der Waals surface area contributed by atoms with Gasteiger partial charge in [0.15, 0.2) is 0 Å². The van der Waals surface area contributed by atoms with Crippen molar-refractivity contribution < 1.29 is 5.11 Å². The molecular formula is C13H19N3O. The first kappa shape index (κ1) is 10.9. The van der Waals surface area contributed by atoms with Crippen molar-refractivity contribution in [1.82, 2.24) is 10.2 Å². The standard InChI is InChI=1S/C13H19N3O/c17-12-1-2-13-10(7-12)8-16(9-15-13)11-3-5-14-6-4-11/h1-2,7,11,14-15,17H,3-6,8-9H2. The molecule has 0 spiro atoms. The van der Waals surface area contributed by atoms with E-state index in [-0.39, 0.29) is 0 Å². The Labute approximate surface area is 102 Å². The molecule has 2 aliphatic heterocycles. The predicted octanol–water partition coefficient (Wildman–Crippen LogP) is 1.33. The van der Waals surface area contributed by atoms with E-state index < -0.39 is 0 Å². The van der Waals surface area contributed by atoms with Gasteiger partial charge < -0.3 is 15.7 Å². The number of aromatic hydroxyl groups is 1. The van der Waals surface area contributed by atoms with Gasteiger partial charge in [-0.25, -0.2) is 0 Å². The van der Waals surface area contributed by atoms with Crippen LogP contribution in [0.15, 0.2) is 18.2 Å². The predicted molar refractivity (Wildman–Crippen MR) is 68.0 cm³/mol. The smallest absolute Gasteiger partial charge is 0.116 e. The topological polar surface area (TPSA) is 47.5 Å². The van der Waals surface area contributed by atoms with E-state index in [9.17, 15) is 5.11 Å². The van der Waals surface area contributed by atoms with Crippen molar-refractivity contribution in [3.63, 3.8) is 0 Å². The van der Waals surface area contributed by atoms with E-state index in [1.807, 2.05) is 12.1 Å². The molecule has 4 heteroatoms. The lowest BCUT2D eigenvalue weighted by atomic mass is 10.0. The fourth-order valence-corrected chi connectivity index (χ4v) is 2.77. The molecule has 1 aromatic rings. The molecule has 1 fully saturated rings. The maximum Gasteiger partial charge on any atom is 0.116 e. The lowest BCUT2D eigenvalue weighted by molar-refractivity contribution is 0.160. The summed E-state index contributed by atoms with van der Waals surface area (Å²) in [6, 6.07) is 6.24. The van der Waals surface area contributed by atoms with Gasteiger partial charge in [0.25, 0.3) is 0 Å². The second-order valence-corrected chi connectivity index (χ2v) is 4.90. The van der Waals surface area contributed by atoms with Crippen LogP contribution in [0.2, 0.25) is 0 Å². The molecule has 3 rings (SSSR count). The van der Waals surface area contributed by atoms with E-state index in [2.05, 4.69) is 15.5 Å². The summed E-state index contributed by atoms with van der Waals surface area (Å²) in [6.45, 7) is 4.10. The normalized spacial score (nSPS) is 21.9. The van der Waals surface area contributed by atoms with Crippen molar-refractivity contribution in [2.75, 3.05) is 25.1 Å². The fraction of sp³-hybridized carbons (Fsp3) is 0.538. The molecule has 0 aromatic heterocycles. The minimum absolute atomic E-state index is 0.359. The zero-order chi connectivity index (χ0) is 11.7. The average Bonchev–Trinajstić information content (AvgIpc) is 2.39. The number of nitrogens with one attached hydrogen (secondary N) is 2. The molecule has 0 radical (unpaired) electrons. The molecule has 92 valence electrons. The highest BCUT2D eigenvalue weighted by Gasteiger charge is 2.24. The van der Waals surface area contributed by atoms with Gasteiger partial charge in [-0.1, -0.05) is 0 Å². The van der Waals surface area contributed by atoms with Crippen LogP contribution >= 0.6 is 0 Å². The number of fused-ring (bicyclic) bond motifs is 1. The Morgan fingerprint density at radius 3 is 2.88 bits per heavy atom. The molecule has 0 amide bonds. The summed E-state index contributed by atoms with van der Waals surface area (Å²) in [5, 5.41) is 16.4. The lowest BCUT2D eigenvalue weighted by Crippen LogP contribution is -2.46. The number of anilines is 1. The van der Waals surface area contributed by atoms with Gasteiger partial charge in [-0.15, -0.1) is 0 Å². The van der Waals surface area contributed by atoms with Crippen LogP contribution in [-0.4, -0.2) is 35.8 Å². The molecule has 0 bridgehead atoms. The monoisotopic (exact) mass is 233 g/mol. The molecule has 2 aliphatic rings. The van der Waals surface area contributed by atoms with Crippen LogP contribution in [0.3, 0.4) is 0 Å². The maximum atomic E-state index is 9.53. The highest BCUT2D eigenvalue weighted by molar-refractivity contribution is 5.55. The van der Waals surface area contributed by atoms with Crippen LogP contribution in [0.1, 0.15) is 18.4 Å². The third-order valence-electron chi connectivity index (χ3n) is 3.76. The average molecular weight is 233 g/mol. The molecule has 0 saturated carbocycles. The molecular weight excluding hydrogens is 214 g/mol. The summed E-state index contributed by atoms with van der Waals surface area (Å²) in [4.78, 5) is 2.47. The first-order chi connectivity index (χ1) is 8.33. The molecule has 2 heterocycles. The lowest BCUT2D eigenvalue weighted by Gasteiger charge is -2.38. The molecule has 17 heavy (non-hydrogen) atoms. The van der Waals surface area contributed by atoms with Gasteiger partial charge in [0.05, 0.1) is 6.67 Å². The Bertz CT molecular complexity index is 402. The van der Waals surface area contributed by atoms with Gasteiger partial charge in [-0.3, -0.25) is 4.90 Å². The van der Waals surface area contributed by atoms with E-state index in [1.54, 1.807) is 6.07 Å². The highest BCUT2D eigenvalue weighted by atomic mass is 16.3. The van der Waals surface area contributed by atoms with Gasteiger partial charge in [0.1, 0.15) is 5.75 Å². The zero-order valence-electron chi connectivity index (χ0n) is 9.95. The van der Waals surface area contributed by atoms with Crippen LogP contribution in [0.5, 0.6) is 5.75 Å². The largest absolute Gasteiger partial charge is 0.508 e. The first-order valence-electron chi connectivity index (χ1n) is 6.33. The molecule has 1 aromatic carbocycles. The van der Waals surface area contributed by atoms with Crippen LogP contribution in [-0.2, 0) is 6.54 Å². The van der Waals surface area contributed by atoms with E-state index >= 15 is 0 Å². The van der Waals surface area contributed by atoms with Crippen LogP contribution in [0, 0.1) is 0 Å². The van der Waals surface area contributed by atoms with Crippen LogP contribution in [0.25, 0.3) is 0 Å². The van der Waals surface area contributed by atoms with E-state index in [4.69, 9.17) is 0 Å². The van der Waals surface area contributed by atoms with Crippen molar-refractivity contribution >= 4 is 5.69 Å². The van der Waals surface area contributed by atoms with Gasteiger partial charge in [-0.2, -0.15) is 0 Å². The Morgan fingerprint density at radius 1 is 1.24 bits per heavy atom. The molecule has 0 aliphatic carbocycles. The number of hydrogen-bond acceptors (Lipinski definition) is 4. The molecule has 3 N–H and O–H groups in total. The van der Waals surface area contributed by atoms with Crippen molar-refractivity contribution in [2.45, 2.75) is 25.4 Å². The number of nitrogens with zero attached hydrogens (tertiary/aromatic N) is 1. The van der Waals surface area contributed by atoms with Crippen molar-refractivity contribution in [3.05, 3.63) is 23.8 Å². The molecule has 0 unspecified atom stereocenters. The van der Waals surface area contributed by atoms with Crippen molar-refractivity contribution in [1.29, 1.82) is 0 Å². The summed E-state index contributed by atoms with van der Waals surface area (Å²) in [5.41, 5.74) is 2.36. The SMILES string of the molecule is Oc1ccc2c(c1)CN(C1CCNCC1)CN2. The van der Waals surface area contributed by atoms with E-state index in [0.29, 0.717) is 11.8 Å². The van der Waals surface area contributed by atoms with E-state index in [0.717, 1.165) is 32.0 Å². The number of benzene rings is 1. The fourth-order valence-electron chi connectivity index (χ4n) is 2.77. The van der Waals surface area contributed by atoms with Crippen LogP contribution in [0.4, 0.5) is 5.69 Å². The summed E-state index contributed by atoms with van der Waals surface area (Å²) >= 11 is 0. The Kier molecular flexibility index (Phi) is 2.91. The minimum Gasteiger partial charge on any atom is -0.508 e. The Balaban J connectivity index is 1.75. The second kappa shape index (κ2) is 4.55. The van der Waals surface area contributed by atoms with Gasteiger partial charge in [0.2, 0.25) is 0 Å². The van der Waals surface area contributed by atoms with Crippen LogP contribution < -0.4 is 10.6 Å². The zero-order valence-corrected chi connectivity index (χ0v) is 9.95. The highest BCUT2D eigenvalue weighted by Crippen LogP contribution is 2.28. The third kappa shape index (κ3) is 2.23. The first-order valence-corrected chi connectivity index (χ1v) is 6.33. The summed E-state index contributed by atoms with van der Waals surface area (Å²) in [7, 11) is 0. The Morgan fingerprint density at radius 2 is 2.06 bits per heavy atom. The third-order valence-corrected chi connectivity index (χ3v) is 3.76. The molecule has 1 saturated heterocycles. The van der Waals surface area contributed by atoms with E-state index in [1.165, 1.54) is 18.4 Å². The van der Waals surface area contributed by atoms with Crippen molar-refractivity contribution in [2.24, 2.45) is 0 Å². The van der Waals surface area contributed by atoms with Crippen molar-refractivity contribution in [3.8, 4) is 5.75 Å². The Hall–Kier alpha value is -1.26. The number of phenols is 1. The maximum absolute atomic E-state index is 9.53. The number of piperidine rings is 1. The summed E-state index contributed by atoms with van der Waals surface area (Å²) < 4.78 is 0. The summed E-state index contributed by atoms with van der Waals surface area (Å²) in [5.74, 6) is 0.359. The molecule has 0 atom stereocenters.